The summed E-state index contributed by atoms with van der Waals surface area (Å²) < 4.78 is 33.5. The quantitative estimate of drug-likeness (QED) is 0.697. The molecule has 8 heteroatoms. The molecule has 26 heavy (non-hydrogen) atoms. The molecule has 0 atom stereocenters. The lowest BCUT2D eigenvalue weighted by molar-refractivity contribution is 0.0593. The average Bonchev–Trinajstić information content (AvgIpc) is 3.12. The molecule has 3 aromatic rings. The summed E-state index contributed by atoms with van der Waals surface area (Å²) in [4.78, 5) is 11.6. The van der Waals surface area contributed by atoms with Gasteiger partial charge in [-0.05, 0) is 49.4 Å². The Balaban J connectivity index is 1.78. The molecule has 0 aliphatic heterocycles. The van der Waals surface area contributed by atoms with Crippen LogP contribution in [0.3, 0.4) is 0 Å². The third-order valence-corrected chi connectivity index (χ3v) is 5.10. The number of benzene rings is 2. The van der Waals surface area contributed by atoms with Gasteiger partial charge in [-0.2, -0.15) is 5.10 Å². The van der Waals surface area contributed by atoms with E-state index in [2.05, 4.69) is 14.6 Å². The molecule has 0 fully saturated rings. The smallest absolute Gasteiger partial charge is 0.358 e. The van der Waals surface area contributed by atoms with Crippen molar-refractivity contribution in [2.75, 3.05) is 11.8 Å². The van der Waals surface area contributed by atoms with E-state index in [0.717, 1.165) is 5.56 Å². The number of esters is 1. The number of aromatic nitrogens is 2. The highest BCUT2D eigenvalue weighted by atomic mass is 32.2. The lowest BCUT2D eigenvalue weighted by Crippen LogP contribution is -2.13. The Morgan fingerprint density at radius 1 is 1.04 bits per heavy atom. The third-order valence-electron chi connectivity index (χ3n) is 3.70. The van der Waals surface area contributed by atoms with E-state index in [1.807, 2.05) is 6.92 Å². The third kappa shape index (κ3) is 3.75. The summed E-state index contributed by atoms with van der Waals surface area (Å²) in [5.41, 5.74) is 2.28. The molecule has 0 saturated carbocycles. The van der Waals surface area contributed by atoms with Gasteiger partial charge < -0.3 is 4.74 Å². The second kappa shape index (κ2) is 7.01. The van der Waals surface area contributed by atoms with Crippen molar-refractivity contribution in [3.63, 3.8) is 0 Å². The molecule has 0 amide bonds. The molecule has 7 nitrogen and oxygen atoms in total. The zero-order chi connectivity index (χ0) is 18.7. The topological polar surface area (TPSA) is 90.3 Å². The first-order valence-corrected chi connectivity index (χ1v) is 9.21. The number of methoxy groups -OCH3 is 1. The van der Waals surface area contributed by atoms with Crippen LogP contribution in [0, 0.1) is 6.92 Å². The Bertz CT molecular complexity index is 1020. The second-order valence-electron chi connectivity index (χ2n) is 5.60. The van der Waals surface area contributed by atoms with Crippen LogP contribution in [0.4, 0.5) is 5.69 Å². The molecule has 0 aliphatic carbocycles. The number of ether oxygens (including phenoxy) is 1. The summed E-state index contributed by atoms with van der Waals surface area (Å²) in [5, 5.41) is 4.11. The lowest BCUT2D eigenvalue weighted by Gasteiger charge is -2.09. The Morgan fingerprint density at radius 3 is 2.31 bits per heavy atom. The predicted octanol–water partition coefficient (Wildman–Crippen LogP) is 2.77. The molecule has 0 aliphatic rings. The monoisotopic (exact) mass is 371 g/mol. The number of hydrogen-bond acceptors (Lipinski definition) is 5. The van der Waals surface area contributed by atoms with E-state index in [1.54, 1.807) is 60.8 Å². The Labute approximate surface area is 151 Å². The standard InChI is InChI=1S/C18H17N3O4S/c1-13-3-9-16(10-4-13)26(23,24)20-14-5-7-15(8-6-14)21-12-11-17(19-21)18(22)25-2/h3-12,20H,1-2H3. The molecular formula is C18H17N3O4S. The summed E-state index contributed by atoms with van der Waals surface area (Å²) in [6, 6.07) is 14.8. The molecule has 0 radical (unpaired) electrons. The Morgan fingerprint density at radius 2 is 1.69 bits per heavy atom. The normalized spacial score (nSPS) is 11.2. The van der Waals surface area contributed by atoms with E-state index in [1.165, 1.54) is 11.8 Å². The van der Waals surface area contributed by atoms with Crippen LogP contribution in [-0.2, 0) is 14.8 Å². The Kier molecular flexibility index (Phi) is 4.77. The van der Waals surface area contributed by atoms with Gasteiger partial charge in [0.2, 0.25) is 0 Å². The molecule has 0 saturated heterocycles. The molecule has 134 valence electrons. The van der Waals surface area contributed by atoms with Gasteiger partial charge in [0.05, 0.1) is 17.7 Å². The number of nitrogens with one attached hydrogen (secondary N) is 1. The molecule has 0 bridgehead atoms. The summed E-state index contributed by atoms with van der Waals surface area (Å²) in [7, 11) is -2.36. The van der Waals surface area contributed by atoms with E-state index in [4.69, 9.17) is 0 Å². The van der Waals surface area contributed by atoms with Gasteiger partial charge in [-0.1, -0.05) is 17.7 Å². The molecule has 1 heterocycles. The zero-order valence-corrected chi connectivity index (χ0v) is 15.0. The van der Waals surface area contributed by atoms with Crippen LogP contribution in [0.15, 0.2) is 65.7 Å². The number of nitrogens with zero attached hydrogens (tertiary/aromatic N) is 2. The fourth-order valence-corrected chi connectivity index (χ4v) is 3.35. The highest BCUT2D eigenvalue weighted by Gasteiger charge is 2.14. The fraction of sp³-hybridized carbons (Fsp3) is 0.111. The van der Waals surface area contributed by atoms with E-state index >= 15 is 0 Å². The molecule has 2 aromatic carbocycles. The van der Waals surface area contributed by atoms with Gasteiger partial charge in [0.15, 0.2) is 5.69 Å². The first kappa shape index (κ1) is 17.7. The van der Waals surface area contributed by atoms with Gasteiger partial charge in [0, 0.05) is 11.9 Å². The number of anilines is 1. The van der Waals surface area contributed by atoms with Crippen LogP contribution >= 0.6 is 0 Å². The molecule has 1 aromatic heterocycles. The zero-order valence-electron chi connectivity index (χ0n) is 14.2. The van der Waals surface area contributed by atoms with Crippen molar-refractivity contribution in [3.05, 3.63) is 72.1 Å². The largest absolute Gasteiger partial charge is 0.464 e. The second-order valence-corrected chi connectivity index (χ2v) is 7.28. The predicted molar refractivity (Wildman–Crippen MR) is 96.9 cm³/mol. The number of sulfonamides is 1. The SMILES string of the molecule is COC(=O)c1ccn(-c2ccc(NS(=O)(=O)c3ccc(C)cc3)cc2)n1. The summed E-state index contributed by atoms with van der Waals surface area (Å²) in [6.45, 7) is 1.89. The van der Waals surface area contributed by atoms with Crippen molar-refractivity contribution < 1.29 is 17.9 Å². The molecule has 1 N–H and O–H groups in total. The minimum atomic E-state index is -3.65. The van der Waals surface area contributed by atoms with E-state index in [0.29, 0.717) is 11.4 Å². The van der Waals surface area contributed by atoms with Crippen molar-refractivity contribution in [3.8, 4) is 5.69 Å². The molecule has 0 unspecified atom stereocenters. The first-order chi connectivity index (χ1) is 12.4. The number of carbonyl (C=O) groups excluding carboxylic acids is 1. The van der Waals surface area contributed by atoms with Gasteiger partial charge in [0.25, 0.3) is 10.0 Å². The van der Waals surface area contributed by atoms with Crippen molar-refractivity contribution in [1.29, 1.82) is 0 Å². The van der Waals surface area contributed by atoms with Crippen LogP contribution in [0.5, 0.6) is 0 Å². The van der Waals surface area contributed by atoms with Crippen molar-refractivity contribution in [2.24, 2.45) is 0 Å². The van der Waals surface area contributed by atoms with E-state index in [9.17, 15) is 13.2 Å². The minimum absolute atomic E-state index is 0.191. The van der Waals surface area contributed by atoms with Gasteiger partial charge in [-0.15, -0.1) is 0 Å². The van der Waals surface area contributed by atoms with Crippen molar-refractivity contribution in [2.45, 2.75) is 11.8 Å². The van der Waals surface area contributed by atoms with Crippen LogP contribution in [0.1, 0.15) is 16.1 Å². The summed E-state index contributed by atoms with van der Waals surface area (Å²) in [6.07, 6.45) is 1.62. The number of carbonyl (C=O) groups is 1. The molecule has 3 rings (SSSR count). The number of rotatable bonds is 5. The van der Waals surface area contributed by atoms with Crippen LogP contribution in [-0.4, -0.2) is 31.3 Å². The minimum Gasteiger partial charge on any atom is -0.464 e. The Hall–Kier alpha value is -3.13. The summed E-state index contributed by atoms with van der Waals surface area (Å²) in [5.74, 6) is -0.522. The highest BCUT2D eigenvalue weighted by molar-refractivity contribution is 7.92. The van der Waals surface area contributed by atoms with Crippen LogP contribution < -0.4 is 4.72 Å². The van der Waals surface area contributed by atoms with Crippen molar-refractivity contribution in [1.82, 2.24) is 9.78 Å². The van der Waals surface area contributed by atoms with Gasteiger partial charge in [0.1, 0.15) is 0 Å². The van der Waals surface area contributed by atoms with Crippen LogP contribution in [0.2, 0.25) is 0 Å². The fourth-order valence-electron chi connectivity index (χ4n) is 2.29. The maximum absolute atomic E-state index is 12.4. The summed E-state index contributed by atoms with van der Waals surface area (Å²) >= 11 is 0. The highest BCUT2D eigenvalue weighted by Crippen LogP contribution is 2.18. The number of hydrogen-bond donors (Lipinski definition) is 1. The van der Waals surface area contributed by atoms with Gasteiger partial charge in [-0.25, -0.2) is 17.9 Å². The van der Waals surface area contributed by atoms with Gasteiger partial charge >= 0.3 is 5.97 Å². The maximum atomic E-state index is 12.4. The maximum Gasteiger partial charge on any atom is 0.358 e. The lowest BCUT2D eigenvalue weighted by atomic mass is 10.2. The molecule has 0 spiro atoms. The van der Waals surface area contributed by atoms with Crippen molar-refractivity contribution >= 4 is 21.7 Å². The first-order valence-electron chi connectivity index (χ1n) is 7.73. The van der Waals surface area contributed by atoms with E-state index < -0.39 is 16.0 Å². The van der Waals surface area contributed by atoms with E-state index in [-0.39, 0.29) is 10.6 Å². The van der Waals surface area contributed by atoms with Gasteiger partial charge in [-0.3, -0.25) is 4.72 Å². The molecular weight excluding hydrogens is 354 g/mol. The van der Waals surface area contributed by atoms with Crippen LogP contribution in [0.25, 0.3) is 5.69 Å². The number of aryl methyl sites for hydroxylation is 1. The average molecular weight is 371 g/mol.